The molecule has 24 heavy (non-hydrogen) atoms. The fourth-order valence-corrected chi connectivity index (χ4v) is 2.92. The molecule has 0 bridgehead atoms. The van der Waals surface area contributed by atoms with Crippen LogP contribution in [0.3, 0.4) is 0 Å². The first kappa shape index (κ1) is 18.6. The topological polar surface area (TPSA) is 49.4 Å². The lowest BCUT2D eigenvalue weighted by Crippen LogP contribution is -2.37. The van der Waals surface area contributed by atoms with Crippen molar-refractivity contribution in [3.05, 3.63) is 63.1 Å². The Morgan fingerprint density at radius 2 is 1.67 bits per heavy atom. The van der Waals surface area contributed by atoms with Gasteiger partial charge < -0.3 is 10.2 Å². The Labute approximate surface area is 155 Å². The summed E-state index contributed by atoms with van der Waals surface area (Å²) >= 11 is 17.9. The first-order valence-corrected chi connectivity index (χ1v) is 8.29. The average molecular weight is 386 g/mol. The number of hydrogen-bond donors (Lipinski definition) is 1. The average Bonchev–Trinajstić information content (AvgIpc) is 2.50. The highest BCUT2D eigenvalue weighted by molar-refractivity contribution is 6.35. The van der Waals surface area contributed by atoms with Crippen LogP contribution in [-0.2, 0) is 4.79 Å². The molecule has 0 unspecified atom stereocenters. The van der Waals surface area contributed by atoms with Gasteiger partial charge in [0.15, 0.2) is 0 Å². The van der Waals surface area contributed by atoms with E-state index < -0.39 is 0 Å². The van der Waals surface area contributed by atoms with Crippen LogP contribution in [0.15, 0.2) is 42.5 Å². The van der Waals surface area contributed by atoms with Gasteiger partial charge in [0.25, 0.3) is 5.91 Å². The second-order valence-electron chi connectivity index (χ2n) is 5.03. The second-order valence-corrected chi connectivity index (χ2v) is 6.31. The number of halogens is 3. The molecule has 0 aliphatic carbocycles. The van der Waals surface area contributed by atoms with Gasteiger partial charge in [0, 0.05) is 35.7 Å². The number of nitrogens with one attached hydrogen (secondary N) is 1. The predicted molar refractivity (Wildman–Crippen MR) is 98.3 cm³/mol. The minimum Gasteiger partial charge on any atom is -0.350 e. The molecule has 0 heterocycles. The summed E-state index contributed by atoms with van der Waals surface area (Å²) in [5.74, 6) is -0.478. The molecule has 0 aromatic heterocycles. The molecule has 126 valence electrons. The molecule has 0 aliphatic heterocycles. The van der Waals surface area contributed by atoms with Gasteiger partial charge in [-0.15, -0.1) is 0 Å². The number of amides is 2. The summed E-state index contributed by atoms with van der Waals surface area (Å²) in [4.78, 5) is 25.5. The van der Waals surface area contributed by atoms with Gasteiger partial charge in [-0.3, -0.25) is 9.59 Å². The van der Waals surface area contributed by atoms with Crippen LogP contribution in [0.5, 0.6) is 0 Å². The Morgan fingerprint density at radius 3 is 2.25 bits per heavy atom. The van der Waals surface area contributed by atoms with Gasteiger partial charge in [-0.2, -0.15) is 0 Å². The molecule has 0 spiro atoms. The van der Waals surface area contributed by atoms with Crippen molar-refractivity contribution < 1.29 is 9.59 Å². The standard InChI is InChI=1S/C17H15Cl3N2O2/c1-11(23)22(14-9-12(18)8-13(19)10-14)7-6-21-17(24)15-4-2-3-5-16(15)20/h2-5,8-10H,6-7H2,1H3,(H,21,24). The van der Waals surface area contributed by atoms with E-state index in [1.54, 1.807) is 42.5 Å². The zero-order chi connectivity index (χ0) is 17.7. The minimum absolute atomic E-state index is 0.180. The van der Waals surface area contributed by atoms with E-state index >= 15 is 0 Å². The summed E-state index contributed by atoms with van der Waals surface area (Å²) in [5.41, 5.74) is 0.964. The van der Waals surface area contributed by atoms with Gasteiger partial charge in [0.1, 0.15) is 0 Å². The van der Waals surface area contributed by atoms with Crippen LogP contribution in [0.4, 0.5) is 5.69 Å². The molecular formula is C17H15Cl3N2O2. The Bertz CT molecular complexity index is 745. The van der Waals surface area contributed by atoms with Gasteiger partial charge in [0.2, 0.25) is 5.91 Å². The Morgan fingerprint density at radius 1 is 1.04 bits per heavy atom. The largest absolute Gasteiger partial charge is 0.350 e. The second kappa shape index (κ2) is 8.38. The van der Waals surface area contributed by atoms with Gasteiger partial charge >= 0.3 is 0 Å². The van der Waals surface area contributed by atoms with Crippen molar-refractivity contribution in [3.8, 4) is 0 Å². The van der Waals surface area contributed by atoms with Crippen molar-refractivity contribution in [1.29, 1.82) is 0 Å². The molecular weight excluding hydrogens is 371 g/mol. The summed E-state index contributed by atoms with van der Waals surface area (Å²) in [6.07, 6.45) is 0. The summed E-state index contributed by atoms with van der Waals surface area (Å²) in [5, 5.41) is 3.98. The molecule has 0 saturated carbocycles. The van der Waals surface area contributed by atoms with Gasteiger partial charge in [-0.05, 0) is 30.3 Å². The lowest BCUT2D eigenvalue weighted by atomic mass is 10.2. The normalized spacial score (nSPS) is 10.3. The van der Waals surface area contributed by atoms with E-state index in [0.717, 1.165) is 0 Å². The molecule has 1 N–H and O–H groups in total. The molecule has 2 rings (SSSR count). The van der Waals surface area contributed by atoms with E-state index in [9.17, 15) is 9.59 Å². The molecule has 2 aromatic rings. The van der Waals surface area contributed by atoms with Crippen molar-refractivity contribution in [1.82, 2.24) is 5.32 Å². The van der Waals surface area contributed by atoms with Crippen LogP contribution < -0.4 is 10.2 Å². The van der Waals surface area contributed by atoms with Gasteiger partial charge in [0.05, 0.1) is 10.6 Å². The zero-order valence-corrected chi connectivity index (χ0v) is 15.1. The highest BCUT2D eigenvalue weighted by Gasteiger charge is 2.14. The number of hydrogen-bond acceptors (Lipinski definition) is 2. The fourth-order valence-electron chi connectivity index (χ4n) is 2.19. The first-order valence-electron chi connectivity index (χ1n) is 7.15. The number of anilines is 1. The molecule has 2 aromatic carbocycles. The third-order valence-electron chi connectivity index (χ3n) is 3.28. The SMILES string of the molecule is CC(=O)N(CCNC(=O)c1ccccc1Cl)c1cc(Cl)cc(Cl)c1. The van der Waals surface area contributed by atoms with Gasteiger partial charge in [-0.1, -0.05) is 46.9 Å². The van der Waals surface area contributed by atoms with E-state index in [-0.39, 0.29) is 24.9 Å². The van der Waals surface area contributed by atoms with Crippen molar-refractivity contribution in [2.75, 3.05) is 18.0 Å². The highest BCUT2D eigenvalue weighted by atomic mass is 35.5. The van der Waals surface area contributed by atoms with E-state index in [0.29, 0.717) is 26.3 Å². The molecule has 0 fully saturated rings. The third-order valence-corrected chi connectivity index (χ3v) is 4.04. The van der Waals surface area contributed by atoms with Crippen LogP contribution >= 0.6 is 34.8 Å². The fraction of sp³-hybridized carbons (Fsp3) is 0.176. The number of rotatable bonds is 5. The number of carbonyl (C=O) groups excluding carboxylic acids is 2. The Kier molecular flexibility index (Phi) is 6.49. The van der Waals surface area contributed by atoms with Crippen LogP contribution in [0.1, 0.15) is 17.3 Å². The Hall–Kier alpha value is -1.75. The smallest absolute Gasteiger partial charge is 0.252 e. The van der Waals surface area contributed by atoms with Crippen LogP contribution in [-0.4, -0.2) is 24.9 Å². The molecule has 2 amide bonds. The zero-order valence-electron chi connectivity index (χ0n) is 12.9. The first-order chi connectivity index (χ1) is 11.4. The summed E-state index contributed by atoms with van der Waals surface area (Å²) in [6.45, 7) is 1.97. The lowest BCUT2D eigenvalue weighted by Gasteiger charge is -2.22. The van der Waals surface area contributed by atoms with Crippen LogP contribution in [0.2, 0.25) is 15.1 Å². The lowest BCUT2D eigenvalue weighted by molar-refractivity contribution is -0.116. The monoisotopic (exact) mass is 384 g/mol. The molecule has 0 atom stereocenters. The molecule has 7 heteroatoms. The van der Waals surface area contributed by atoms with Crippen LogP contribution in [0, 0.1) is 0 Å². The van der Waals surface area contributed by atoms with E-state index in [1.165, 1.54) is 11.8 Å². The maximum Gasteiger partial charge on any atom is 0.252 e. The minimum atomic E-state index is -0.298. The van der Waals surface area contributed by atoms with E-state index in [4.69, 9.17) is 34.8 Å². The van der Waals surface area contributed by atoms with Crippen molar-refractivity contribution in [2.45, 2.75) is 6.92 Å². The number of carbonyl (C=O) groups is 2. The van der Waals surface area contributed by atoms with E-state index in [2.05, 4.69) is 5.32 Å². The van der Waals surface area contributed by atoms with Crippen molar-refractivity contribution in [3.63, 3.8) is 0 Å². The molecule has 0 saturated heterocycles. The third kappa shape index (κ3) is 4.87. The maximum atomic E-state index is 12.1. The Balaban J connectivity index is 2.03. The number of benzene rings is 2. The molecule has 4 nitrogen and oxygen atoms in total. The van der Waals surface area contributed by atoms with Gasteiger partial charge in [-0.25, -0.2) is 0 Å². The maximum absolute atomic E-state index is 12.1. The summed E-state index contributed by atoms with van der Waals surface area (Å²) in [6, 6.07) is 11.6. The van der Waals surface area contributed by atoms with E-state index in [1.807, 2.05) is 0 Å². The highest BCUT2D eigenvalue weighted by Crippen LogP contribution is 2.25. The summed E-state index contributed by atoms with van der Waals surface area (Å²) in [7, 11) is 0. The van der Waals surface area contributed by atoms with Crippen LogP contribution in [0.25, 0.3) is 0 Å². The number of nitrogens with zero attached hydrogens (tertiary/aromatic N) is 1. The quantitative estimate of drug-likeness (QED) is 0.827. The predicted octanol–water partition coefficient (Wildman–Crippen LogP) is 4.43. The van der Waals surface area contributed by atoms with Crippen molar-refractivity contribution in [2.24, 2.45) is 0 Å². The van der Waals surface area contributed by atoms with Crippen molar-refractivity contribution >= 4 is 52.3 Å². The molecule has 0 radical (unpaired) electrons. The summed E-state index contributed by atoms with van der Waals surface area (Å²) < 4.78 is 0. The molecule has 0 aliphatic rings.